The number of fused-ring (bicyclic) bond motifs is 1. The number of benzene rings is 1. The van der Waals surface area contributed by atoms with E-state index >= 15 is 0 Å². The van der Waals surface area contributed by atoms with E-state index in [9.17, 15) is 26.4 Å². The van der Waals surface area contributed by atoms with E-state index in [2.05, 4.69) is 14.7 Å². The highest BCUT2D eigenvalue weighted by Gasteiger charge is 2.31. The zero-order chi connectivity index (χ0) is 21.4. The minimum atomic E-state index is -4.50. The molecule has 0 fully saturated rings. The molecule has 0 atom stereocenters. The molecule has 1 aromatic carbocycles. The summed E-state index contributed by atoms with van der Waals surface area (Å²) in [7, 11) is -3.99. The Morgan fingerprint density at radius 1 is 1.24 bits per heavy atom. The zero-order valence-corrected chi connectivity index (χ0v) is 15.9. The predicted octanol–water partition coefficient (Wildman–Crippen LogP) is 2.05. The van der Waals surface area contributed by atoms with E-state index in [-0.39, 0.29) is 28.5 Å². The molecule has 0 aliphatic rings. The van der Waals surface area contributed by atoms with E-state index in [0.29, 0.717) is 12.1 Å². The Labute approximate surface area is 163 Å². The quantitative estimate of drug-likeness (QED) is 0.624. The third-order valence-corrected chi connectivity index (χ3v) is 5.58. The Hall–Kier alpha value is -2.99. The third-order valence-electron chi connectivity index (χ3n) is 4.19. The molecule has 8 nitrogen and oxygen atoms in total. The van der Waals surface area contributed by atoms with Gasteiger partial charge in [0.05, 0.1) is 23.1 Å². The van der Waals surface area contributed by atoms with E-state index in [1.807, 2.05) is 0 Å². The molecule has 3 N–H and O–H groups in total. The summed E-state index contributed by atoms with van der Waals surface area (Å²) in [5.74, 6) is -0.538. The van der Waals surface area contributed by atoms with Crippen LogP contribution in [0.5, 0.6) is 0 Å². The molecular formula is C17H16F3N5O3S. The first kappa shape index (κ1) is 20.7. The number of primary amides is 1. The van der Waals surface area contributed by atoms with Crippen molar-refractivity contribution in [1.29, 1.82) is 0 Å². The van der Waals surface area contributed by atoms with Crippen LogP contribution in [0, 0.1) is 0 Å². The molecule has 0 saturated carbocycles. The number of carbonyl (C=O) groups excluding carboxylic acids is 1. The van der Waals surface area contributed by atoms with Gasteiger partial charge in [-0.05, 0) is 37.3 Å². The molecule has 0 aliphatic carbocycles. The van der Waals surface area contributed by atoms with E-state index in [4.69, 9.17) is 5.73 Å². The molecule has 0 saturated heterocycles. The fourth-order valence-corrected chi connectivity index (χ4v) is 3.69. The normalized spacial score (nSPS) is 12.4. The second kappa shape index (κ2) is 7.44. The molecule has 2 aromatic heterocycles. The molecule has 3 aromatic rings. The second-order valence-electron chi connectivity index (χ2n) is 6.04. The molecule has 0 radical (unpaired) electrons. The standard InChI is InChI=1S/C17H16F3N5O3S/c1-2-25-14-7-10(17(18,19)20)3-5-12(14)24-15(25)9-23-29(27,28)11-4-6-13(16(21)26)22-8-11/h3-8,23H,2,9H2,1H3,(H2,21,26). The van der Waals surface area contributed by atoms with Crippen molar-refractivity contribution in [1.82, 2.24) is 19.3 Å². The average Bonchev–Trinajstić information content (AvgIpc) is 3.02. The average molecular weight is 427 g/mol. The monoisotopic (exact) mass is 427 g/mol. The first-order chi connectivity index (χ1) is 13.5. The van der Waals surface area contributed by atoms with Crippen LogP contribution in [-0.2, 0) is 29.3 Å². The second-order valence-corrected chi connectivity index (χ2v) is 7.81. The molecule has 0 aliphatic heterocycles. The molecule has 154 valence electrons. The van der Waals surface area contributed by atoms with Crippen LogP contribution in [0.3, 0.4) is 0 Å². The van der Waals surface area contributed by atoms with Gasteiger partial charge in [-0.25, -0.2) is 23.1 Å². The number of carbonyl (C=O) groups is 1. The summed E-state index contributed by atoms with van der Waals surface area (Å²) in [6, 6.07) is 5.50. The van der Waals surface area contributed by atoms with Crippen molar-refractivity contribution in [2.24, 2.45) is 5.73 Å². The van der Waals surface area contributed by atoms with Crippen LogP contribution < -0.4 is 10.5 Å². The fourth-order valence-electron chi connectivity index (χ4n) is 2.76. The maximum atomic E-state index is 13.0. The summed E-state index contributed by atoms with van der Waals surface area (Å²) in [5.41, 5.74) is 4.74. The number of nitrogens with one attached hydrogen (secondary N) is 1. The molecule has 3 rings (SSSR count). The summed E-state index contributed by atoms with van der Waals surface area (Å²) in [6.07, 6.45) is -3.51. The van der Waals surface area contributed by atoms with E-state index < -0.39 is 27.7 Å². The Morgan fingerprint density at radius 3 is 2.52 bits per heavy atom. The molecule has 29 heavy (non-hydrogen) atoms. The topological polar surface area (TPSA) is 120 Å². The maximum Gasteiger partial charge on any atom is 0.416 e. The van der Waals surface area contributed by atoms with Crippen LogP contribution in [0.1, 0.15) is 28.8 Å². The van der Waals surface area contributed by atoms with Gasteiger partial charge in [0, 0.05) is 12.7 Å². The summed E-state index contributed by atoms with van der Waals surface area (Å²) in [4.78, 5) is 18.7. The Bertz CT molecular complexity index is 1170. The minimum absolute atomic E-state index is 0.0859. The summed E-state index contributed by atoms with van der Waals surface area (Å²) >= 11 is 0. The number of nitrogens with two attached hydrogens (primary N) is 1. The Balaban J connectivity index is 1.88. The van der Waals surface area contributed by atoms with Crippen LogP contribution >= 0.6 is 0 Å². The van der Waals surface area contributed by atoms with Gasteiger partial charge in [-0.1, -0.05) is 0 Å². The van der Waals surface area contributed by atoms with Crippen LogP contribution in [0.15, 0.2) is 41.4 Å². The Kier molecular flexibility index (Phi) is 5.32. The van der Waals surface area contributed by atoms with Gasteiger partial charge >= 0.3 is 6.18 Å². The highest BCUT2D eigenvalue weighted by molar-refractivity contribution is 7.89. The maximum absolute atomic E-state index is 13.0. The van der Waals surface area contributed by atoms with Gasteiger partial charge in [0.1, 0.15) is 16.4 Å². The summed E-state index contributed by atoms with van der Waals surface area (Å²) in [5, 5.41) is 0. The van der Waals surface area contributed by atoms with Gasteiger partial charge in [0.25, 0.3) is 5.91 Å². The highest BCUT2D eigenvalue weighted by Crippen LogP contribution is 2.31. The van der Waals surface area contributed by atoms with E-state index in [1.54, 1.807) is 6.92 Å². The lowest BCUT2D eigenvalue weighted by Crippen LogP contribution is -2.25. The van der Waals surface area contributed by atoms with Gasteiger partial charge in [0.15, 0.2) is 0 Å². The number of hydrogen-bond donors (Lipinski definition) is 2. The van der Waals surface area contributed by atoms with Crippen molar-refractivity contribution >= 4 is 27.0 Å². The van der Waals surface area contributed by atoms with Crippen molar-refractivity contribution in [3.8, 4) is 0 Å². The number of hydrogen-bond acceptors (Lipinski definition) is 5. The molecular weight excluding hydrogens is 411 g/mol. The van der Waals surface area contributed by atoms with Crippen molar-refractivity contribution in [2.45, 2.75) is 31.1 Å². The number of amides is 1. The number of aryl methyl sites for hydroxylation is 1. The van der Waals surface area contributed by atoms with Gasteiger partial charge < -0.3 is 10.3 Å². The smallest absolute Gasteiger partial charge is 0.364 e. The minimum Gasteiger partial charge on any atom is -0.364 e. The third kappa shape index (κ3) is 4.22. The molecule has 0 unspecified atom stereocenters. The number of imidazole rings is 1. The van der Waals surface area contributed by atoms with Gasteiger partial charge in [-0.15, -0.1) is 0 Å². The SMILES string of the molecule is CCn1c(CNS(=O)(=O)c2ccc(C(N)=O)nc2)nc2ccc(C(F)(F)F)cc21. The number of halogens is 3. The molecule has 0 spiro atoms. The Morgan fingerprint density at radius 2 is 1.97 bits per heavy atom. The molecule has 0 bridgehead atoms. The number of rotatable bonds is 6. The molecule has 12 heteroatoms. The van der Waals surface area contributed by atoms with Crippen molar-refractivity contribution in [3.05, 3.63) is 53.6 Å². The summed E-state index contributed by atoms with van der Waals surface area (Å²) < 4.78 is 67.6. The van der Waals surface area contributed by atoms with Gasteiger partial charge in [-0.2, -0.15) is 13.2 Å². The van der Waals surface area contributed by atoms with Crippen LogP contribution in [0.4, 0.5) is 13.2 Å². The highest BCUT2D eigenvalue weighted by atomic mass is 32.2. The number of pyridine rings is 1. The molecule has 2 heterocycles. The van der Waals surface area contributed by atoms with Crippen LogP contribution in [0.25, 0.3) is 11.0 Å². The number of nitrogens with zero attached hydrogens (tertiary/aromatic N) is 3. The largest absolute Gasteiger partial charge is 0.416 e. The van der Waals surface area contributed by atoms with E-state index in [1.165, 1.54) is 22.8 Å². The van der Waals surface area contributed by atoms with Gasteiger partial charge in [-0.3, -0.25) is 4.79 Å². The van der Waals surface area contributed by atoms with Crippen LogP contribution in [0.2, 0.25) is 0 Å². The van der Waals surface area contributed by atoms with Crippen LogP contribution in [-0.4, -0.2) is 28.9 Å². The zero-order valence-electron chi connectivity index (χ0n) is 15.1. The first-order valence-electron chi connectivity index (χ1n) is 8.35. The van der Waals surface area contributed by atoms with Crippen molar-refractivity contribution < 1.29 is 26.4 Å². The lowest BCUT2D eigenvalue weighted by molar-refractivity contribution is -0.137. The molecule has 1 amide bonds. The van der Waals surface area contributed by atoms with E-state index in [0.717, 1.165) is 18.3 Å². The number of sulfonamides is 1. The van der Waals surface area contributed by atoms with Crippen molar-refractivity contribution in [2.75, 3.05) is 0 Å². The fraction of sp³-hybridized carbons (Fsp3) is 0.235. The summed E-state index contributed by atoms with van der Waals surface area (Å²) in [6.45, 7) is 1.76. The van der Waals surface area contributed by atoms with Crippen molar-refractivity contribution in [3.63, 3.8) is 0 Å². The predicted molar refractivity (Wildman–Crippen MR) is 97.2 cm³/mol. The lowest BCUT2D eigenvalue weighted by atomic mass is 10.2. The number of alkyl halides is 3. The number of aromatic nitrogens is 3. The lowest BCUT2D eigenvalue weighted by Gasteiger charge is -2.10. The first-order valence-corrected chi connectivity index (χ1v) is 9.83. The van der Waals surface area contributed by atoms with Gasteiger partial charge in [0.2, 0.25) is 10.0 Å².